The summed E-state index contributed by atoms with van der Waals surface area (Å²) in [5.74, 6) is 0. The highest BCUT2D eigenvalue weighted by molar-refractivity contribution is 5.60. The molecule has 0 unspecified atom stereocenters. The second-order valence-electron chi connectivity index (χ2n) is 5.98. The number of benzene rings is 1. The summed E-state index contributed by atoms with van der Waals surface area (Å²) in [4.78, 5) is 18.8. The average molecular weight is 267 g/mol. The van der Waals surface area contributed by atoms with E-state index in [9.17, 15) is 4.79 Å². The summed E-state index contributed by atoms with van der Waals surface area (Å²) >= 11 is 0. The molecule has 0 spiro atoms. The first-order valence-electron chi connectivity index (χ1n) is 6.62. The lowest BCUT2D eigenvalue weighted by Crippen LogP contribution is -2.12. The van der Waals surface area contributed by atoms with Crippen molar-refractivity contribution in [1.82, 2.24) is 14.4 Å². The number of nitrogens with zero attached hydrogens (tertiary/aromatic N) is 2. The summed E-state index contributed by atoms with van der Waals surface area (Å²) in [7, 11) is 0. The Morgan fingerprint density at radius 3 is 2.50 bits per heavy atom. The van der Waals surface area contributed by atoms with Crippen LogP contribution in [-0.4, -0.2) is 14.4 Å². The second kappa shape index (κ2) is 4.34. The molecule has 20 heavy (non-hydrogen) atoms. The first kappa shape index (κ1) is 12.7. The number of nitrogens with one attached hydrogen (secondary N) is 1. The van der Waals surface area contributed by atoms with E-state index in [1.54, 1.807) is 16.8 Å². The van der Waals surface area contributed by atoms with Crippen molar-refractivity contribution in [2.75, 3.05) is 0 Å². The van der Waals surface area contributed by atoms with Gasteiger partial charge in [0.1, 0.15) is 0 Å². The van der Waals surface area contributed by atoms with Crippen LogP contribution in [0.4, 0.5) is 0 Å². The SMILES string of the molecule is CC(C)(C)c1ccc(-c2cn3ccnc3c(=O)[nH]2)cc1. The monoisotopic (exact) mass is 267 g/mol. The molecule has 0 fully saturated rings. The molecule has 4 heteroatoms. The Bertz CT molecular complexity index is 804. The zero-order valence-corrected chi connectivity index (χ0v) is 11.8. The predicted octanol–water partition coefficient (Wildman–Crippen LogP) is 2.99. The van der Waals surface area contributed by atoms with E-state index in [1.165, 1.54) is 5.56 Å². The molecular formula is C16H17N3O. The minimum Gasteiger partial charge on any atom is -0.317 e. The Morgan fingerprint density at radius 2 is 1.85 bits per heavy atom. The van der Waals surface area contributed by atoms with Crippen LogP contribution in [0.2, 0.25) is 0 Å². The minimum absolute atomic E-state index is 0.125. The fraction of sp³-hybridized carbons (Fsp3) is 0.250. The highest BCUT2D eigenvalue weighted by atomic mass is 16.1. The molecule has 0 atom stereocenters. The Morgan fingerprint density at radius 1 is 1.15 bits per heavy atom. The van der Waals surface area contributed by atoms with E-state index in [4.69, 9.17) is 0 Å². The summed E-state index contributed by atoms with van der Waals surface area (Å²) in [6.45, 7) is 6.55. The number of hydrogen-bond donors (Lipinski definition) is 1. The molecule has 2 heterocycles. The first-order chi connectivity index (χ1) is 9.45. The van der Waals surface area contributed by atoms with Crippen LogP contribution in [0.15, 0.2) is 47.7 Å². The standard InChI is InChI=1S/C16H17N3O/c1-16(2,3)12-6-4-11(5-7-12)13-10-19-9-8-17-14(19)15(20)18-13/h4-10H,1-3H3,(H,18,20). The molecule has 0 saturated carbocycles. The molecule has 3 aromatic rings. The summed E-state index contributed by atoms with van der Waals surface area (Å²) in [5.41, 5.74) is 3.42. The number of fused-ring (bicyclic) bond motifs is 1. The van der Waals surface area contributed by atoms with Crippen molar-refractivity contribution in [1.29, 1.82) is 0 Å². The van der Waals surface area contributed by atoms with Crippen LogP contribution in [0.25, 0.3) is 16.9 Å². The largest absolute Gasteiger partial charge is 0.317 e. The molecule has 3 rings (SSSR count). The van der Waals surface area contributed by atoms with Crippen LogP contribution >= 0.6 is 0 Å². The maximum absolute atomic E-state index is 11.9. The summed E-state index contributed by atoms with van der Waals surface area (Å²) < 4.78 is 1.74. The molecule has 0 saturated heterocycles. The Labute approximate surface area is 117 Å². The van der Waals surface area contributed by atoms with Gasteiger partial charge in [-0.15, -0.1) is 0 Å². The quantitative estimate of drug-likeness (QED) is 0.737. The van der Waals surface area contributed by atoms with Crippen molar-refractivity contribution >= 4 is 5.65 Å². The zero-order chi connectivity index (χ0) is 14.3. The van der Waals surface area contributed by atoms with Crippen molar-refractivity contribution in [3.63, 3.8) is 0 Å². The van der Waals surface area contributed by atoms with E-state index in [1.807, 2.05) is 18.3 Å². The van der Waals surface area contributed by atoms with Gasteiger partial charge in [-0.1, -0.05) is 45.0 Å². The lowest BCUT2D eigenvalue weighted by molar-refractivity contribution is 0.590. The molecule has 0 aliphatic heterocycles. The molecule has 0 aliphatic rings. The zero-order valence-electron chi connectivity index (χ0n) is 11.8. The van der Waals surface area contributed by atoms with Gasteiger partial charge < -0.3 is 9.38 Å². The molecule has 1 N–H and O–H groups in total. The van der Waals surface area contributed by atoms with Gasteiger partial charge in [0.2, 0.25) is 5.65 Å². The molecule has 4 nitrogen and oxygen atoms in total. The van der Waals surface area contributed by atoms with Gasteiger partial charge in [-0.2, -0.15) is 0 Å². The van der Waals surface area contributed by atoms with Gasteiger partial charge in [0.15, 0.2) is 0 Å². The lowest BCUT2D eigenvalue weighted by atomic mass is 9.86. The van der Waals surface area contributed by atoms with Gasteiger partial charge in [0.05, 0.1) is 5.69 Å². The lowest BCUT2D eigenvalue weighted by Gasteiger charge is -2.19. The van der Waals surface area contributed by atoms with Crippen LogP contribution < -0.4 is 5.56 Å². The molecule has 1 aromatic carbocycles. The molecule has 0 aliphatic carbocycles. The fourth-order valence-electron chi connectivity index (χ4n) is 2.24. The third kappa shape index (κ3) is 2.13. The third-order valence-electron chi connectivity index (χ3n) is 3.45. The molecular weight excluding hydrogens is 250 g/mol. The summed E-state index contributed by atoms with van der Waals surface area (Å²) in [6, 6.07) is 8.28. The van der Waals surface area contributed by atoms with Crippen molar-refractivity contribution in [3.8, 4) is 11.3 Å². The van der Waals surface area contributed by atoms with Crippen LogP contribution in [0.5, 0.6) is 0 Å². The molecule has 2 aromatic heterocycles. The van der Waals surface area contributed by atoms with Gasteiger partial charge in [-0.3, -0.25) is 4.79 Å². The maximum Gasteiger partial charge on any atom is 0.292 e. The maximum atomic E-state index is 11.9. The van der Waals surface area contributed by atoms with Crippen LogP contribution in [0, 0.1) is 0 Å². The molecule has 0 radical (unpaired) electrons. The predicted molar refractivity (Wildman–Crippen MR) is 79.9 cm³/mol. The molecule has 0 amide bonds. The van der Waals surface area contributed by atoms with E-state index in [-0.39, 0.29) is 11.0 Å². The Kier molecular flexibility index (Phi) is 2.74. The smallest absolute Gasteiger partial charge is 0.292 e. The highest BCUT2D eigenvalue weighted by Crippen LogP contribution is 2.24. The van der Waals surface area contributed by atoms with E-state index in [0.717, 1.165) is 11.3 Å². The number of hydrogen-bond acceptors (Lipinski definition) is 2. The number of imidazole rings is 1. The first-order valence-corrected chi connectivity index (χ1v) is 6.62. The second-order valence-corrected chi connectivity index (χ2v) is 5.98. The highest BCUT2D eigenvalue weighted by Gasteiger charge is 2.13. The third-order valence-corrected chi connectivity index (χ3v) is 3.45. The Balaban J connectivity index is 2.09. The minimum atomic E-state index is -0.174. The number of H-pyrrole nitrogens is 1. The van der Waals surface area contributed by atoms with Crippen molar-refractivity contribution in [2.45, 2.75) is 26.2 Å². The van der Waals surface area contributed by atoms with Crippen molar-refractivity contribution in [2.24, 2.45) is 0 Å². The molecule has 0 bridgehead atoms. The van der Waals surface area contributed by atoms with Gasteiger partial charge >= 0.3 is 0 Å². The van der Waals surface area contributed by atoms with Gasteiger partial charge in [-0.05, 0) is 16.5 Å². The normalized spacial score (nSPS) is 11.9. The van der Waals surface area contributed by atoms with E-state index in [2.05, 4.69) is 42.9 Å². The molecule has 102 valence electrons. The number of aromatic nitrogens is 3. The number of rotatable bonds is 1. The fourth-order valence-corrected chi connectivity index (χ4v) is 2.24. The number of aromatic amines is 1. The van der Waals surface area contributed by atoms with Crippen molar-refractivity contribution in [3.05, 3.63) is 58.8 Å². The van der Waals surface area contributed by atoms with E-state index >= 15 is 0 Å². The van der Waals surface area contributed by atoms with E-state index in [0.29, 0.717) is 5.65 Å². The van der Waals surface area contributed by atoms with Crippen LogP contribution in [0.1, 0.15) is 26.3 Å². The van der Waals surface area contributed by atoms with E-state index < -0.39 is 0 Å². The van der Waals surface area contributed by atoms with Crippen LogP contribution in [-0.2, 0) is 5.41 Å². The summed E-state index contributed by atoms with van der Waals surface area (Å²) in [5, 5.41) is 0. The van der Waals surface area contributed by atoms with Gasteiger partial charge in [-0.25, -0.2) is 4.98 Å². The van der Waals surface area contributed by atoms with Gasteiger partial charge in [0, 0.05) is 18.6 Å². The average Bonchev–Trinajstić information content (AvgIpc) is 2.86. The summed E-state index contributed by atoms with van der Waals surface area (Å²) in [6.07, 6.45) is 5.28. The van der Waals surface area contributed by atoms with Crippen molar-refractivity contribution < 1.29 is 0 Å². The Hall–Kier alpha value is -2.36. The van der Waals surface area contributed by atoms with Gasteiger partial charge in [0.25, 0.3) is 5.56 Å². The van der Waals surface area contributed by atoms with Crippen LogP contribution in [0.3, 0.4) is 0 Å². The topological polar surface area (TPSA) is 50.2 Å².